The van der Waals surface area contributed by atoms with Gasteiger partial charge >= 0.3 is 6.01 Å². The van der Waals surface area contributed by atoms with Crippen molar-refractivity contribution in [2.24, 2.45) is 5.84 Å². The molecular weight excluding hydrogens is 268 g/mol. The summed E-state index contributed by atoms with van der Waals surface area (Å²) < 4.78 is 5.36. The summed E-state index contributed by atoms with van der Waals surface area (Å²) in [6, 6.07) is 8.71. The standard InChI is InChI=1S/C14H18N6O/c1-2-21-14-17-12(19-15)16-13(18-14)20-8-7-10-5-3-4-6-11(10)9-20/h3-6H,2,7-9,15H2,1H3,(H,16,17,18,19). The fourth-order valence-corrected chi connectivity index (χ4v) is 2.41. The van der Waals surface area contributed by atoms with E-state index in [1.807, 2.05) is 13.0 Å². The molecular formula is C14H18N6O. The van der Waals surface area contributed by atoms with Gasteiger partial charge in [0.1, 0.15) is 0 Å². The van der Waals surface area contributed by atoms with Gasteiger partial charge in [-0.05, 0) is 24.5 Å². The Morgan fingerprint density at radius 3 is 2.81 bits per heavy atom. The molecule has 7 heteroatoms. The van der Waals surface area contributed by atoms with Gasteiger partial charge in [-0.2, -0.15) is 15.0 Å². The molecule has 3 rings (SSSR count). The molecule has 2 heterocycles. The van der Waals surface area contributed by atoms with Crippen molar-refractivity contribution < 1.29 is 4.74 Å². The molecule has 0 saturated heterocycles. The van der Waals surface area contributed by atoms with E-state index in [1.165, 1.54) is 11.1 Å². The van der Waals surface area contributed by atoms with Gasteiger partial charge in [-0.3, -0.25) is 5.43 Å². The average molecular weight is 286 g/mol. The summed E-state index contributed by atoms with van der Waals surface area (Å²) >= 11 is 0. The van der Waals surface area contributed by atoms with Crippen LogP contribution in [0.25, 0.3) is 0 Å². The van der Waals surface area contributed by atoms with Crippen LogP contribution in [0.5, 0.6) is 6.01 Å². The van der Waals surface area contributed by atoms with Gasteiger partial charge in [0.2, 0.25) is 11.9 Å². The molecule has 110 valence electrons. The number of aromatic nitrogens is 3. The van der Waals surface area contributed by atoms with Crippen molar-refractivity contribution in [1.29, 1.82) is 0 Å². The van der Waals surface area contributed by atoms with E-state index in [0.717, 1.165) is 19.5 Å². The Kier molecular flexibility index (Phi) is 3.83. The lowest BCUT2D eigenvalue weighted by molar-refractivity contribution is 0.312. The molecule has 7 nitrogen and oxygen atoms in total. The van der Waals surface area contributed by atoms with E-state index in [-0.39, 0.29) is 6.01 Å². The number of hydrazine groups is 1. The number of ether oxygens (including phenoxy) is 1. The second-order valence-electron chi connectivity index (χ2n) is 4.76. The Hall–Kier alpha value is -2.41. The maximum Gasteiger partial charge on any atom is 0.323 e. The van der Waals surface area contributed by atoms with Crippen LogP contribution in [0.15, 0.2) is 24.3 Å². The van der Waals surface area contributed by atoms with Crippen LogP contribution in [0.1, 0.15) is 18.1 Å². The van der Waals surface area contributed by atoms with Crippen molar-refractivity contribution in [3.05, 3.63) is 35.4 Å². The van der Waals surface area contributed by atoms with Gasteiger partial charge in [-0.1, -0.05) is 24.3 Å². The quantitative estimate of drug-likeness (QED) is 0.643. The average Bonchev–Trinajstić information content (AvgIpc) is 2.54. The van der Waals surface area contributed by atoms with E-state index in [0.29, 0.717) is 18.5 Å². The molecule has 0 fully saturated rings. The number of nitrogens with two attached hydrogens (primary N) is 1. The van der Waals surface area contributed by atoms with Crippen molar-refractivity contribution in [2.75, 3.05) is 23.5 Å². The van der Waals surface area contributed by atoms with Gasteiger partial charge in [0.25, 0.3) is 0 Å². The largest absolute Gasteiger partial charge is 0.464 e. The van der Waals surface area contributed by atoms with Gasteiger partial charge in [0, 0.05) is 13.1 Å². The predicted octanol–water partition coefficient (Wildman–Crippen LogP) is 1.12. The molecule has 0 atom stereocenters. The molecule has 1 aromatic heterocycles. The highest BCUT2D eigenvalue weighted by molar-refractivity contribution is 5.42. The summed E-state index contributed by atoms with van der Waals surface area (Å²) in [5, 5.41) is 0. The minimum absolute atomic E-state index is 0.286. The topological polar surface area (TPSA) is 89.2 Å². The minimum Gasteiger partial charge on any atom is -0.464 e. The van der Waals surface area contributed by atoms with E-state index in [9.17, 15) is 0 Å². The third-order valence-corrected chi connectivity index (χ3v) is 3.42. The maximum atomic E-state index is 5.41. The van der Waals surface area contributed by atoms with Gasteiger partial charge in [-0.25, -0.2) is 5.84 Å². The summed E-state index contributed by atoms with van der Waals surface area (Å²) in [5.74, 6) is 6.30. The number of nitrogens with one attached hydrogen (secondary N) is 1. The van der Waals surface area contributed by atoms with Crippen LogP contribution >= 0.6 is 0 Å². The highest BCUT2D eigenvalue weighted by Crippen LogP contribution is 2.23. The van der Waals surface area contributed by atoms with E-state index in [1.54, 1.807) is 0 Å². The molecule has 0 unspecified atom stereocenters. The summed E-state index contributed by atoms with van der Waals surface area (Å²) in [6.07, 6.45) is 0.969. The van der Waals surface area contributed by atoms with Crippen molar-refractivity contribution in [3.63, 3.8) is 0 Å². The number of benzene rings is 1. The normalized spacial score (nSPS) is 13.7. The molecule has 1 aliphatic rings. The number of hydrogen-bond donors (Lipinski definition) is 2. The molecule has 0 bridgehead atoms. The summed E-state index contributed by atoms with van der Waals surface area (Å²) in [6.45, 7) is 4.01. The van der Waals surface area contributed by atoms with Crippen LogP contribution in [-0.2, 0) is 13.0 Å². The number of rotatable bonds is 4. The molecule has 0 amide bonds. The SMILES string of the molecule is CCOc1nc(NN)nc(N2CCc3ccccc3C2)n1. The third-order valence-electron chi connectivity index (χ3n) is 3.42. The lowest BCUT2D eigenvalue weighted by atomic mass is 10.0. The Bertz CT molecular complexity index is 633. The Morgan fingerprint density at radius 2 is 2.05 bits per heavy atom. The molecule has 3 N–H and O–H groups in total. The monoisotopic (exact) mass is 286 g/mol. The zero-order valence-corrected chi connectivity index (χ0v) is 11.9. The Labute approximate surface area is 123 Å². The van der Waals surface area contributed by atoms with E-state index < -0.39 is 0 Å². The van der Waals surface area contributed by atoms with Crippen molar-refractivity contribution in [3.8, 4) is 6.01 Å². The first kappa shape index (κ1) is 13.6. The zero-order chi connectivity index (χ0) is 14.7. The first-order valence-corrected chi connectivity index (χ1v) is 6.97. The fourth-order valence-electron chi connectivity index (χ4n) is 2.41. The minimum atomic E-state index is 0.286. The van der Waals surface area contributed by atoms with E-state index in [4.69, 9.17) is 10.6 Å². The first-order valence-electron chi connectivity index (χ1n) is 6.97. The molecule has 0 saturated carbocycles. The Balaban J connectivity index is 1.89. The molecule has 0 spiro atoms. The summed E-state index contributed by atoms with van der Waals surface area (Å²) in [7, 11) is 0. The first-order chi connectivity index (χ1) is 10.3. The Morgan fingerprint density at radius 1 is 1.24 bits per heavy atom. The van der Waals surface area contributed by atoms with Crippen LogP contribution in [-0.4, -0.2) is 28.1 Å². The maximum absolute atomic E-state index is 5.41. The van der Waals surface area contributed by atoms with Crippen molar-refractivity contribution in [2.45, 2.75) is 19.9 Å². The van der Waals surface area contributed by atoms with Gasteiger partial charge in [0.15, 0.2) is 0 Å². The fraction of sp³-hybridized carbons (Fsp3) is 0.357. The van der Waals surface area contributed by atoms with Crippen molar-refractivity contribution >= 4 is 11.9 Å². The van der Waals surface area contributed by atoms with E-state index >= 15 is 0 Å². The lowest BCUT2D eigenvalue weighted by Crippen LogP contribution is -2.32. The summed E-state index contributed by atoms with van der Waals surface area (Å²) in [4.78, 5) is 14.9. The van der Waals surface area contributed by atoms with Gasteiger partial charge in [0.05, 0.1) is 6.61 Å². The van der Waals surface area contributed by atoms with Crippen LogP contribution in [0.3, 0.4) is 0 Å². The van der Waals surface area contributed by atoms with Crippen LogP contribution in [0.2, 0.25) is 0 Å². The second kappa shape index (κ2) is 5.92. The molecule has 1 aromatic carbocycles. The van der Waals surface area contributed by atoms with Crippen LogP contribution < -0.4 is 20.9 Å². The number of nitrogens with zero attached hydrogens (tertiary/aromatic N) is 4. The second-order valence-corrected chi connectivity index (χ2v) is 4.76. The van der Waals surface area contributed by atoms with Gasteiger partial charge in [-0.15, -0.1) is 0 Å². The molecule has 0 radical (unpaired) electrons. The van der Waals surface area contributed by atoms with Crippen LogP contribution in [0.4, 0.5) is 11.9 Å². The highest BCUT2D eigenvalue weighted by atomic mass is 16.5. The molecule has 2 aromatic rings. The molecule has 0 aliphatic carbocycles. The number of fused-ring (bicyclic) bond motifs is 1. The third kappa shape index (κ3) is 2.87. The summed E-state index contributed by atoms with van der Waals surface area (Å²) in [5.41, 5.74) is 5.13. The number of nitrogen functional groups attached to an aromatic ring is 1. The smallest absolute Gasteiger partial charge is 0.323 e. The van der Waals surface area contributed by atoms with Crippen molar-refractivity contribution in [1.82, 2.24) is 15.0 Å². The molecule has 21 heavy (non-hydrogen) atoms. The van der Waals surface area contributed by atoms with E-state index in [2.05, 4.69) is 43.5 Å². The lowest BCUT2D eigenvalue weighted by Gasteiger charge is -2.28. The number of hydrogen-bond acceptors (Lipinski definition) is 7. The zero-order valence-electron chi connectivity index (χ0n) is 11.9. The van der Waals surface area contributed by atoms with Gasteiger partial charge < -0.3 is 9.64 Å². The molecule has 1 aliphatic heterocycles. The highest BCUT2D eigenvalue weighted by Gasteiger charge is 2.19. The predicted molar refractivity (Wildman–Crippen MR) is 80.0 cm³/mol. The van der Waals surface area contributed by atoms with Crippen LogP contribution in [0, 0.1) is 0 Å². The number of anilines is 2.